The number of carboxylic acid groups (broad SMARTS) is 1. The maximum Gasteiger partial charge on any atom is 0.490 e. The molecule has 0 atom stereocenters. The molecular formula is C9H6BrF3N2O2. The Morgan fingerprint density at radius 1 is 1.41 bits per heavy atom. The summed E-state index contributed by atoms with van der Waals surface area (Å²) in [6.45, 7) is 0. The van der Waals surface area contributed by atoms with E-state index in [4.69, 9.17) is 9.90 Å². The van der Waals surface area contributed by atoms with Gasteiger partial charge in [-0.15, -0.1) is 0 Å². The van der Waals surface area contributed by atoms with E-state index in [2.05, 4.69) is 20.9 Å². The van der Waals surface area contributed by atoms with Crippen LogP contribution >= 0.6 is 15.9 Å². The van der Waals surface area contributed by atoms with E-state index in [0.717, 1.165) is 10.1 Å². The molecule has 2 aromatic heterocycles. The molecule has 1 N–H and O–H groups in total. The normalized spacial score (nSPS) is 10.8. The summed E-state index contributed by atoms with van der Waals surface area (Å²) in [5.41, 5.74) is 1.11. The number of aliphatic carboxylic acids is 1. The van der Waals surface area contributed by atoms with Gasteiger partial charge in [0.05, 0.1) is 16.3 Å². The highest BCUT2D eigenvalue weighted by Crippen LogP contribution is 2.13. The lowest BCUT2D eigenvalue weighted by molar-refractivity contribution is -0.192. The number of halogens is 4. The second-order valence-electron chi connectivity index (χ2n) is 2.84. The number of rotatable bonds is 0. The molecule has 0 fully saturated rings. The van der Waals surface area contributed by atoms with Crippen molar-refractivity contribution in [3.05, 3.63) is 35.3 Å². The maximum atomic E-state index is 10.6. The molecule has 0 bridgehead atoms. The highest BCUT2D eigenvalue weighted by Gasteiger charge is 2.38. The fourth-order valence-electron chi connectivity index (χ4n) is 0.913. The van der Waals surface area contributed by atoms with Crippen molar-refractivity contribution >= 4 is 27.4 Å². The van der Waals surface area contributed by atoms with Gasteiger partial charge in [0, 0.05) is 0 Å². The molecule has 0 spiro atoms. The standard InChI is InChI=1S/C7H5BrN2.C2HF3O2/c8-7-3-1-2-6-4-9-5-10(6)7;3-2(4,5)1(6)7/h1-5H;(H,6,7). The van der Waals surface area contributed by atoms with Gasteiger partial charge in [0.2, 0.25) is 0 Å². The third-order valence-electron chi connectivity index (χ3n) is 1.64. The molecular weight excluding hydrogens is 305 g/mol. The van der Waals surface area contributed by atoms with E-state index in [9.17, 15) is 13.2 Å². The number of carbonyl (C=O) groups is 1. The van der Waals surface area contributed by atoms with E-state index < -0.39 is 12.1 Å². The molecule has 0 aliphatic carbocycles. The fourth-order valence-corrected chi connectivity index (χ4v) is 1.36. The molecule has 2 rings (SSSR count). The Balaban J connectivity index is 0.000000185. The van der Waals surface area contributed by atoms with Gasteiger partial charge in [-0.2, -0.15) is 13.2 Å². The summed E-state index contributed by atoms with van der Waals surface area (Å²) in [5, 5.41) is 7.12. The molecule has 8 heteroatoms. The third kappa shape index (κ3) is 3.74. The fraction of sp³-hybridized carbons (Fsp3) is 0.111. The van der Waals surface area contributed by atoms with Crippen molar-refractivity contribution in [2.24, 2.45) is 0 Å². The Hall–Kier alpha value is -1.57. The third-order valence-corrected chi connectivity index (χ3v) is 2.29. The van der Waals surface area contributed by atoms with Gasteiger partial charge in [0.15, 0.2) is 0 Å². The van der Waals surface area contributed by atoms with Gasteiger partial charge >= 0.3 is 12.1 Å². The summed E-state index contributed by atoms with van der Waals surface area (Å²) >= 11 is 3.40. The minimum Gasteiger partial charge on any atom is -0.475 e. The van der Waals surface area contributed by atoms with Crippen LogP contribution in [0.5, 0.6) is 0 Å². The van der Waals surface area contributed by atoms with E-state index in [-0.39, 0.29) is 0 Å². The highest BCUT2D eigenvalue weighted by molar-refractivity contribution is 9.10. The van der Waals surface area contributed by atoms with Gasteiger partial charge in [-0.1, -0.05) is 6.07 Å². The second kappa shape index (κ2) is 5.17. The van der Waals surface area contributed by atoms with E-state index in [1.54, 1.807) is 6.33 Å². The zero-order chi connectivity index (χ0) is 13.1. The van der Waals surface area contributed by atoms with Crippen molar-refractivity contribution < 1.29 is 23.1 Å². The molecule has 0 aliphatic rings. The smallest absolute Gasteiger partial charge is 0.475 e. The van der Waals surface area contributed by atoms with Crippen LogP contribution in [0.15, 0.2) is 35.3 Å². The van der Waals surface area contributed by atoms with Crippen LogP contribution in [0.25, 0.3) is 5.52 Å². The first kappa shape index (κ1) is 13.5. The number of carboxylic acids is 1. The Morgan fingerprint density at radius 3 is 2.47 bits per heavy atom. The van der Waals surface area contributed by atoms with E-state index in [1.165, 1.54) is 0 Å². The van der Waals surface area contributed by atoms with Crippen LogP contribution < -0.4 is 0 Å². The number of hydrogen-bond donors (Lipinski definition) is 1. The first-order valence-corrected chi connectivity index (χ1v) is 4.98. The van der Waals surface area contributed by atoms with Crippen LogP contribution in [-0.2, 0) is 4.79 Å². The summed E-state index contributed by atoms with van der Waals surface area (Å²) in [4.78, 5) is 12.9. The van der Waals surface area contributed by atoms with Crippen LogP contribution in [0.4, 0.5) is 13.2 Å². The first-order valence-electron chi connectivity index (χ1n) is 4.19. The van der Waals surface area contributed by atoms with Gasteiger partial charge in [-0.25, -0.2) is 9.78 Å². The Kier molecular flexibility index (Phi) is 4.11. The Morgan fingerprint density at radius 2 is 2.00 bits per heavy atom. The van der Waals surface area contributed by atoms with Crippen LogP contribution in [-0.4, -0.2) is 26.6 Å². The summed E-state index contributed by atoms with van der Waals surface area (Å²) in [6, 6.07) is 5.98. The molecule has 0 saturated heterocycles. The number of alkyl halides is 3. The van der Waals surface area contributed by atoms with Gasteiger partial charge < -0.3 is 5.11 Å². The molecule has 0 aromatic carbocycles. The predicted molar refractivity (Wildman–Crippen MR) is 56.6 cm³/mol. The van der Waals surface area contributed by atoms with Crippen molar-refractivity contribution in [1.82, 2.24) is 9.38 Å². The summed E-state index contributed by atoms with van der Waals surface area (Å²) in [7, 11) is 0. The van der Waals surface area contributed by atoms with Crippen LogP contribution in [0, 0.1) is 0 Å². The zero-order valence-electron chi connectivity index (χ0n) is 8.15. The van der Waals surface area contributed by atoms with Gasteiger partial charge in [-0.05, 0) is 28.1 Å². The number of hydrogen-bond acceptors (Lipinski definition) is 2. The lowest BCUT2D eigenvalue weighted by Crippen LogP contribution is -2.21. The molecule has 0 saturated carbocycles. The Bertz CT molecular complexity index is 524. The minimum atomic E-state index is -5.08. The number of nitrogens with zero attached hydrogens (tertiary/aromatic N) is 2. The average molecular weight is 311 g/mol. The van der Waals surface area contributed by atoms with Crippen molar-refractivity contribution in [3.8, 4) is 0 Å². The van der Waals surface area contributed by atoms with E-state index >= 15 is 0 Å². The van der Waals surface area contributed by atoms with Crippen LogP contribution in [0.2, 0.25) is 0 Å². The second-order valence-corrected chi connectivity index (χ2v) is 3.65. The molecule has 0 unspecified atom stereocenters. The topological polar surface area (TPSA) is 54.6 Å². The van der Waals surface area contributed by atoms with Crippen molar-refractivity contribution in [3.63, 3.8) is 0 Å². The molecule has 2 aromatic rings. The predicted octanol–water partition coefficient (Wildman–Crippen LogP) is 2.73. The maximum absolute atomic E-state index is 10.6. The van der Waals surface area contributed by atoms with Crippen molar-refractivity contribution in [1.29, 1.82) is 0 Å². The van der Waals surface area contributed by atoms with Crippen molar-refractivity contribution in [2.75, 3.05) is 0 Å². The lowest BCUT2D eigenvalue weighted by Gasteiger charge is -1.93. The first-order chi connectivity index (χ1) is 7.82. The number of aromatic nitrogens is 2. The summed E-state index contributed by atoms with van der Waals surface area (Å²) in [6.07, 6.45) is -1.48. The molecule has 92 valence electrons. The van der Waals surface area contributed by atoms with E-state index in [0.29, 0.717) is 0 Å². The van der Waals surface area contributed by atoms with Gasteiger partial charge in [0.1, 0.15) is 6.33 Å². The molecule has 2 heterocycles. The van der Waals surface area contributed by atoms with Gasteiger partial charge in [0.25, 0.3) is 0 Å². The van der Waals surface area contributed by atoms with Gasteiger partial charge in [-0.3, -0.25) is 4.40 Å². The lowest BCUT2D eigenvalue weighted by atomic mass is 10.4. The zero-order valence-corrected chi connectivity index (χ0v) is 9.73. The summed E-state index contributed by atoms with van der Waals surface area (Å²) < 4.78 is 34.7. The average Bonchev–Trinajstić information content (AvgIpc) is 2.66. The molecule has 0 radical (unpaired) electrons. The van der Waals surface area contributed by atoms with Crippen molar-refractivity contribution in [2.45, 2.75) is 6.18 Å². The van der Waals surface area contributed by atoms with E-state index in [1.807, 2.05) is 28.8 Å². The van der Waals surface area contributed by atoms with Crippen LogP contribution in [0.3, 0.4) is 0 Å². The monoisotopic (exact) mass is 310 g/mol. The number of imidazole rings is 1. The number of fused-ring (bicyclic) bond motifs is 1. The molecule has 0 amide bonds. The molecule has 17 heavy (non-hydrogen) atoms. The Labute approximate surface area is 102 Å². The minimum absolute atomic E-state index is 1.03. The molecule has 4 nitrogen and oxygen atoms in total. The highest BCUT2D eigenvalue weighted by atomic mass is 79.9. The number of pyridine rings is 1. The molecule has 0 aliphatic heterocycles. The SMILES string of the molecule is Brc1cccc2cncn12.O=C(O)C(F)(F)F. The summed E-state index contributed by atoms with van der Waals surface area (Å²) in [5.74, 6) is -2.76. The quantitative estimate of drug-likeness (QED) is 0.761. The van der Waals surface area contributed by atoms with Crippen LogP contribution in [0.1, 0.15) is 0 Å². The largest absolute Gasteiger partial charge is 0.490 e.